The van der Waals surface area contributed by atoms with E-state index in [4.69, 9.17) is 5.73 Å². The maximum Gasteiger partial charge on any atom is 0.182 e. The zero-order valence-corrected chi connectivity index (χ0v) is 12.6. The SMILES string of the molecule is Nc1ccnc(-c2nn(Cc3ccccc3F)c3ncccc23)n1. The highest BCUT2D eigenvalue weighted by molar-refractivity contribution is 5.89. The molecule has 1 aromatic carbocycles. The van der Waals surface area contributed by atoms with E-state index >= 15 is 0 Å². The molecule has 2 N–H and O–H groups in total. The quantitative estimate of drug-likeness (QED) is 0.627. The van der Waals surface area contributed by atoms with Crippen molar-refractivity contribution >= 4 is 16.9 Å². The topological polar surface area (TPSA) is 82.5 Å². The van der Waals surface area contributed by atoms with Gasteiger partial charge in [0.05, 0.1) is 11.9 Å². The van der Waals surface area contributed by atoms with Crippen LogP contribution in [0.25, 0.3) is 22.6 Å². The van der Waals surface area contributed by atoms with E-state index in [9.17, 15) is 4.39 Å². The summed E-state index contributed by atoms with van der Waals surface area (Å²) < 4.78 is 15.6. The minimum Gasteiger partial charge on any atom is -0.384 e. The molecule has 0 fully saturated rings. The molecule has 0 unspecified atom stereocenters. The summed E-state index contributed by atoms with van der Waals surface area (Å²) in [6, 6.07) is 11.9. The second-order valence-electron chi connectivity index (χ2n) is 5.28. The number of rotatable bonds is 3. The van der Waals surface area contributed by atoms with Crippen LogP contribution in [0.5, 0.6) is 0 Å². The van der Waals surface area contributed by atoms with Gasteiger partial charge in [-0.15, -0.1) is 0 Å². The number of aromatic nitrogens is 5. The molecule has 24 heavy (non-hydrogen) atoms. The van der Waals surface area contributed by atoms with Crippen LogP contribution in [0.2, 0.25) is 0 Å². The fraction of sp³-hybridized carbons (Fsp3) is 0.0588. The van der Waals surface area contributed by atoms with Crippen LogP contribution in [-0.2, 0) is 6.54 Å². The van der Waals surface area contributed by atoms with Crippen molar-refractivity contribution in [3.05, 3.63) is 66.2 Å². The zero-order valence-electron chi connectivity index (χ0n) is 12.6. The molecule has 0 saturated heterocycles. The summed E-state index contributed by atoms with van der Waals surface area (Å²) in [7, 11) is 0. The van der Waals surface area contributed by atoms with Crippen molar-refractivity contribution in [1.82, 2.24) is 24.7 Å². The number of nitrogen functional groups attached to an aromatic ring is 1. The van der Waals surface area contributed by atoms with E-state index in [1.54, 1.807) is 41.3 Å². The number of hydrogen-bond donors (Lipinski definition) is 1. The molecule has 0 bridgehead atoms. The second kappa shape index (κ2) is 5.69. The third-order valence-corrected chi connectivity index (χ3v) is 3.67. The average molecular weight is 320 g/mol. The molecule has 0 spiro atoms. The van der Waals surface area contributed by atoms with Crippen LogP contribution in [0.15, 0.2) is 54.9 Å². The molecule has 118 valence electrons. The Morgan fingerprint density at radius 3 is 2.71 bits per heavy atom. The van der Waals surface area contributed by atoms with Gasteiger partial charge in [0, 0.05) is 18.0 Å². The molecule has 0 atom stereocenters. The minimum atomic E-state index is -0.279. The zero-order chi connectivity index (χ0) is 16.5. The molecule has 0 aliphatic carbocycles. The van der Waals surface area contributed by atoms with Gasteiger partial charge in [-0.2, -0.15) is 5.10 Å². The van der Waals surface area contributed by atoms with Gasteiger partial charge < -0.3 is 5.73 Å². The molecule has 0 aliphatic heterocycles. The molecular weight excluding hydrogens is 307 g/mol. The molecule has 0 amide bonds. The molecule has 0 saturated carbocycles. The largest absolute Gasteiger partial charge is 0.384 e. The molecular formula is C17H13FN6. The molecule has 7 heteroatoms. The first-order valence-corrected chi connectivity index (χ1v) is 7.36. The average Bonchev–Trinajstić information content (AvgIpc) is 2.96. The normalized spacial score (nSPS) is 11.0. The van der Waals surface area contributed by atoms with Gasteiger partial charge in [0.15, 0.2) is 11.5 Å². The van der Waals surface area contributed by atoms with E-state index in [2.05, 4.69) is 20.1 Å². The van der Waals surface area contributed by atoms with Crippen molar-refractivity contribution in [2.24, 2.45) is 0 Å². The van der Waals surface area contributed by atoms with Crippen LogP contribution in [0.1, 0.15) is 5.56 Å². The lowest BCUT2D eigenvalue weighted by atomic mass is 10.2. The number of nitrogens with zero attached hydrogens (tertiary/aromatic N) is 5. The number of anilines is 1. The highest BCUT2D eigenvalue weighted by Crippen LogP contribution is 2.25. The molecule has 4 aromatic rings. The van der Waals surface area contributed by atoms with E-state index in [0.29, 0.717) is 28.5 Å². The lowest BCUT2D eigenvalue weighted by Crippen LogP contribution is -2.05. The highest BCUT2D eigenvalue weighted by atomic mass is 19.1. The van der Waals surface area contributed by atoms with Gasteiger partial charge in [0.2, 0.25) is 0 Å². The van der Waals surface area contributed by atoms with E-state index in [1.807, 2.05) is 12.1 Å². The van der Waals surface area contributed by atoms with Gasteiger partial charge in [-0.25, -0.2) is 24.0 Å². The monoisotopic (exact) mass is 320 g/mol. The molecule has 0 radical (unpaired) electrons. The van der Waals surface area contributed by atoms with Crippen LogP contribution in [0.3, 0.4) is 0 Å². The fourth-order valence-corrected chi connectivity index (χ4v) is 2.56. The number of hydrogen-bond acceptors (Lipinski definition) is 5. The summed E-state index contributed by atoms with van der Waals surface area (Å²) in [4.78, 5) is 12.8. The van der Waals surface area contributed by atoms with Gasteiger partial charge in [-0.3, -0.25) is 0 Å². The summed E-state index contributed by atoms with van der Waals surface area (Å²) in [5.74, 6) is 0.500. The first-order valence-electron chi connectivity index (χ1n) is 7.36. The molecule has 3 heterocycles. The Labute approximate surface area is 136 Å². The van der Waals surface area contributed by atoms with Crippen LogP contribution >= 0.6 is 0 Å². The van der Waals surface area contributed by atoms with Crippen molar-refractivity contribution in [2.75, 3.05) is 5.73 Å². The van der Waals surface area contributed by atoms with Crippen LogP contribution in [0, 0.1) is 5.82 Å². The lowest BCUT2D eigenvalue weighted by molar-refractivity contribution is 0.589. The first kappa shape index (κ1) is 14.3. The first-order chi connectivity index (χ1) is 11.7. The summed E-state index contributed by atoms with van der Waals surface area (Å²) in [6.45, 7) is 0.266. The maximum atomic E-state index is 14.0. The summed E-state index contributed by atoms with van der Waals surface area (Å²) in [5.41, 5.74) is 7.49. The molecule has 4 rings (SSSR count). The highest BCUT2D eigenvalue weighted by Gasteiger charge is 2.16. The predicted molar refractivity (Wildman–Crippen MR) is 88.5 cm³/mol. The Bertz CT molecular complexity index is 1030. The van der Waals surface area contributed by atoms with Gasteiger partial charge in [-0.05, 0) is 24.3 Å². The smallest absolute Gasteiger partial charge is 0.182 e. The second-order valence-corrected chi connectivity index (χ2v) is 5.28. The summed E-state index contributed by atoms with van der Waals surface area (Å²) in [6.07, 6.45) is 3.25. The van der Waals surface area contributed by atoms with E-state index in [0.717, 1.165) is 5.39 Å². The Morgan fingerprint density at radius 1 is 1.00 bits per heavy atom. The number of halogens is 1. The Morgan fingerprint density at radius 2 is 1.88 bits per heavy atom. The third-order valence-electron chi connectivity index (χ3n) is 3.67. The minimum absolute atomic E-state index is 0.266. The molecule has 3 aromatic heterocycles. The molecule has 0 aliphatic rings. The Hall–Kier alpha value is -3.35. The maximum absolute atomic E-state index is 14.0. The Balaban J connectivity index is 1.87. The van der Waals surface area contributed by atoms with Crippen LogP contribution < -0.4 is 5.73 Å². The summed E-state index contributed by atoms with van der Waals surface area (Å²) in [5, 5.41) is 5.34. The van der Waals surface area contributed by atoms with E-state index < -0.39 is 0 Å². The summed E-state index contributed by atoms with van der Waals surface area (Å²) >= 11 is 0. The fourth-order valence-electron chi connectivity index (χ4n) is 2.56. The number of nitrogens with two attached hydrogens (primary N) is 1. The predicted octanol–water partition coefficient (Wildman–Crippen LogP) is 2.66. The van der Waals surface area contributed by atoms with Crippen molar-refractivity contribution in [3.8, 4) is 11.5 Å². The number of pyridine rings is 1. The van der Waals surface area contributed by atoms with Crippen molar-refractivity contribution in [3.63, 3.8) is 0 Å². The van der Waals surface area contributed by atoms with Crippen LogP contribution in [-0.4, -0.2) is 24.7 Å². The van der Waals surface area contributed by atoms with Gasteiger partial charge in [0.1, 0.15) is 17.3 Å². The third kappa shape index (κ3) is 2.45. The Kier molecular flexibility index (Phi) is 3.38. The van der Waals surface area contributed by atoms with Gasteiger partial charge in [-0.1, -0.05) is 18.2 Å². The van der Waals surface area contributed by atoms with Gasteiger partial charge >= 0.3 is 0 Å². The number of benzene rings is 1. The van der Waals surface area contributed by atoms with E-state index in [-0.39, 0.29) is 12.4 Å². The van der Waals surface area contributed by atoms with Crippen molar-refractivity contribution in [1.29, 1.82) is 0 Å². The lowest BCUT2D eigenvalue weighted by Gasteiger charge is -2.04. The van der Waals surface area contributed by atoms with E-state index in [1.165, 1.54) is 6.07 Å². The number of fused-ring (bicyclic) bond motifs is 1. The molecule has 6 nitrogen and oxygen atoms in total. The van der Waals surface area contributed by atoms with Crippen molar-refractivity contribution < 1.29 is 4.39 Å². The standard InChI is InChI=1S/C17H13FN6/c18-13-6-2-1-4-11(13)10-24-17-12(5-3-8-21-17)15(23-24)16-20-9-7-14(19)22-16/h1-9H,10H2,(H2,19,20,22). The van der Waals surface area contributed by atoms with Crippen molar-refractivity contribution in [2.45, 2.75) is 6.54 Å². The van der Waals surface area contributed by atoms with Gasteiger partial charge in [0.25, 0.3) is 0 Å². The van der Waals surface area contributed by atoms with Crippen LogP contribution in [0.4, 0.5) is 10.2 Å².